The van der Waals surface area contributed by atoms with Gasteiger partial charge in [-0.25, -0.2) is 0 Å². The van der Waals surface area contributed by atoms with Crippen molar-refractivity contribution in [3.05, 3.63) is 17.0 Å². The molecular weight excluding hydrogens is 358 g/mol. The van der Waals surface area contributed by atoms with Gasteiger partial charge in [0.2, 0.25) is 0 Å². The molecule has 2 saturated carbocycles. The summed E-state index contributed by atoms with van der Waals surface area (Å²) >= 11 is 0. The molecule has 6 nitrogen and oxygen atoms in total. The molecule has 1 atom stereocenters. The smallest absolute Gasteiger partial charge is 0.309 e. The van der Waals surface area contributed by atoms with E-state index in [4.69, 9.17) is 4.52 Å². The van der Waals surface area contributed by atoms with Crippen molar-refractivity contribution in [1.82, 2.24) is 5.16 Å². The molecule has 0 radical (unpaired) electrons. The molecule has 0 bridgehead atoms. The van der Waals surface area contributed by atoms with Crippen LogP contribution in [0.5, 0.6) is 0 Å². The molecule has 1 unspecified atom stereocenters. The number of aliphatic carboxylic acids is 2. The molecule has 2 aliphatic carbocycles. The Morgan fingerprint density at radius 1 is 1.18 bits per heavy atom. The van der Waals surface area contributed by atoms with Gasteiger partial charge in [-0.05, 0) is 70.1 Å². The van der Waals surface area contributed by atoms with E-state index in [2.05, 4.69) is 19.0 Å². The molecule has 1 aromatic heterocycles. The third kappa shape index (κ3) is 4.58. The second-order valence-corrected chi connectivity index (χ2v) is 9.97. The summed E-state index contributed by atoms with van der Waals surface area (Å²) in [5.41, 5.74) is 0.778. The van der Waals surface area contributed by atoms with Gasteiger partial charge in [0.1, 0.15) is 5.76 Å². The second kappa shape index (κ2) is 7.88. The van der Waals surface area contributed by atoms with E-state index in [0.717, 1.165) is 42.9 Å². The van der Waals surface area contributed by atoms with Crippen LogP contribution in [0.1, 0.15) is 107 Å². The molecule has 0 amide bonds. The lowest BCUT2D eigenvalue weighted by Gasteiger charge is -2.35. The van der Waals surface area contributed by atoms with E-state index in [9.17, 15) is 19.8 Å². The number of aromatic nitrogens is 1. The third-order valence-corrected chi connectivity index (χ3v) is 6.32. The van der Waals surface area contributed by atoms with E-state index in [-0.39, 0.29) is 12.8 Å². The first kappa shape index (κ1) is 20.9. The topological polar surface area (TPSA) is 101 Å². The predicted molar refractivity (Wildman–Crippen MR) is 104 cm³/mol. The quantitative estimate of drug-likeness (QED) is 0.572. The fourth-order valence-electron chi connectivity index (χ4n) is 4.68. The maximum absolute atomic E-state index is 11.6. The molecule has 156 valence electrons. The van der Waals surface area contributed by atoms with Crippen LogP contribution in [-0.2, 0) is 9.59 Å². The summed E-state index contributed by atoms with van der Waals surface area (Å²) in [7, 11) is 0. The molecule has 0 spiro atoms. The fourth-order valence-corrected chi connectivity index (χ4v) is 4.68. The summed E-state index contributed by atoms with van der Waals surface area (Å²) in [5, 5.41) is 23.3. The maximum atomic E-state index is 11.6. The van der Waals surface area contributed by atoms with Gasteiger partial charge in [0, 0.05) is 17.4 Å². The van der Waals surface area contributed by atoms with Gasteiger partial charge >= 0.3 is 11.9 Å². The van der Waals surface area contributed by atoms with Crippen LogP contribution >= 0.6 is 0 Å². The van der Waals surface area contributed by atoms with Gasteiger partial charge < -0.3 is 14.7 Å². The number of hydrogen-bond donors (Lipinski definition) is 2. The summed E-state index contributed by atoms with van der Waals surface area (Å²) < 4.78 is 5.80. The van der Waals surface area contributed by atoms with Crippen LogP contribution in [0.2, 0.25) is 0 Å². The zero-order chi connectivity index (χ0) is 20.6. The lowest BCUT2D eigenvalue weighted by atomic mass is 9.69. The van der Waals surface area contributed by atoms with Crippen LogP contribution < -0.4 is 0 Å². The first-order valence-electron chi connectivity index (χ1n) is 10.5. The van der Waals surface area contributed by atoms with Crippen molar-refractivity contribution >= 4 is 11.9 Å². The minimum Gasteiger partial charge on any atom is -0.481 e. The maximum Gasteiger partial charge on any atom is 0.309 e. The van der Waals surface area contributed by atoms with Crippen molar-refractivity contribution in [1.29, 1.82) is 0 Å². The van der Waals surface area contributed by atoms with Gasteiger partial charge in [0.05, 0.1) is 17.5 Å². The van der Waals surface area contributed by atoms with Gasteiger partial charge in [-0.15, -0.1) is 0 Å². The molecule has 0 aliphatic heterocycles. The summed E-state index contributed by atoms with van der Waals surface area (Å²) in [6.07, 6.45) is 5.71. The number of hydrogen-bond acceptors (Lipinski definition) is 4. The molecule has 2 N–H and O–H groups in total. The van der Waals surface area contributed by atoms with Crippen LogP contribution in [0, 0.1) is 17.3 Å². The van der Waals surface area contributed by atoms with Crippen LogP contribution in [0.25, 0.3) is 0 Å². The number of nitrogens with zero attached hydrogens (tertiary/aromatic N) is 1. The standard InChI is InChI=1S/C22H33NO5/c1-12(2)7-13-8-15(9-13)20-18(14-5-6-14)19(23-28-20)16(10-17(24)25)11-22(3,4)21(26)27/h12-16H,5-11H2,1-4H3,(H,24,25)(H,26,27). The van der Waals surface area contributed by atoms with Crippen molar-refractivity contribution < 1.29 is 24.3 Å². The Labute approximate surface area is 166 Å². The zero-order valence-corrected chi connectivity index (χ0v) is 17.4. The summed E-state index contributed by atoms with van der Waals surface area (Å²) in [6, 6.07) is 0. The van der Waals surface area contributed by atoms with Crippen molar-refractivity contribution in [2.45, 2.75) is 90.4 Å². The minimum absolute atomic E-state index is 0.122. The van der Waals surface area contributed by atoms with E-state index < -0.39 is 23.3 Å². The van der Waals surface area contributed by atoms with Gasteiger partial charge in [0.15, 0.2) is 0 Å². The van der Waals surface area contributed by atoms with Crippen molar-refractivity contribution in [2.75, 3.05) is 0 Å². The van der Waals surface area contributed by atoms with E-state index in [1.165, 1.54) is 6.42 Å². The summed E-state index contributed by atoms with van der Waals surface area (Å²) in [4.78, 5) is 23.1. The fraction of sp³-hybridized carbons (Fsp3) is 0.773. The molecule has 2 fully saturated rings. The Hall–Kier alpha value is -1.85. The first-order valence-corrected chi connectivity index (χ1v) is 10.5. The van der Waals surface area contributed by atoms with Gasteiger partial charge in [-0.1, -0.05) is 19.0 Å². The van der Waals surface area contributed by atoms with E-state index in [1.54, 1.807) is 13.8 Å². The van der Waals surface area contributed by atoms with Gasteiger partial charge in [-0.3, -0.25) is 9.59 Å². The van der Waals surface area contributed by atoms with E-state index in [1.807, 2.05) is 0 Å². The zero-order valence-electron chi connectivity index (χ0n) is 17.4. The number of carbonyl (C=O) groups is 2. The lowest BCUT2D eigenvalue weighted by Crippen LogP contribution is -2.27. The van der Waals surface area contributed by atoms with Gasteiger partial charge in [-0.2, -0.15) is 0 Å². The molecule has 1 aromatic rings. The SMILES string of the molecule is CC(C)CC1CC(c2onc(C(CC(=O)O)CC(C)(C)C(=O)O)c2C2CC2)C1. The molecule has 2 aliphatic rings. The summed E-state index contributed by atoms with van der Waals surface area (Å²) in [6.45, 7) is 7.78. The Balaban J connectivity index is 1.84. The Kier molecular flexibility index (Phi) is 5.87. The largest absolute Gasteiger partial charge is 0.481 e. The van der Waals surface area contributed by atoms with Crippen molar-refractivity contribution in [3.8, 4) is 0 Å². The van der Waals surface area contributed by atoms with Crippen LogP contribution in [0.15, 0.2) is 4.52 Å². The molecule has 1 heterocycles. The molecule has 6 heteroatoms. The van der Waals surface area contributed by atoms with Crippen LogP contribution in [0.4, 0.5) is 0 Å². The number of carboxylic acid groups (broad SMARTS) is 2. The highest BCUT2D eigenvalue weighted by Gasteiger charge is 2.43. The molecule has 28 heavy (non-hydrogen) atoms. The summed E-state index contributed by atoms with van der Waals surface area (Å²) in [5.74, 6) is 0.837. The number of carboxylic acids is 2. The van der Waals surface area contributed by atoms with E-state index in [0.29, 0.717) is 23.4 Å². The first-order chi connectivity index (χ1) is 13.1. The van der Waals surface area contributed by atoms with Gasteiger partial charge in [0.25, 0.3) is 0 Å². The van der Waals surface area contributed by atoms with Crippen LogP contribution in [-0.4, -0.2) is 27.3 Å². The Morgan fingerprint density at radius 3 is 2.32 bits per heavy atom. The molecule has 0 saturated heterocycles. The average molecular weight is 392 g/mol. The highest BCUT2D eigenvalue weighted by molar-refractivity contribution is 5.74. The van der Waals surface area contributed by atoms with Crippen molar-refractivity contribution in [3.63, 3.8) is 0 Å². The van der Waals surface area contributed by atoms with E-state index >= 15 is 0 Å². The normalized spacial score (nSPS) is 23.5. The molecular formula is C22H33NO5. The minimum atomic E-state index is -1.01. The second-order valence-electron chi connectivity index (χ2n) is 9.97. The van der Waals surface area contributed by atoms with Crippen molar-refractivity contribution in [2.24, 2.45) is 17.3 Å². The molecule has 3 rings (SSSR count). The molecule has 0 aromatic carbocycles. The Morgan fingerprint density at radius 2 is 1.82 bits per heavy atom. The lowest BCUT2D eigenvalue weighted by molar-refractivity contribution is -0.148. The van der Waals surface area contributed by atoms with Crippen LogP contribution in [0.3, 0.4) is 0 Å². The monoisotopic (exact) mass is 391 g/mol. The number of rotatable bonds is 10. The predicted octanol–water partition coefficient (Wildman–Crippen LogP) is 5.15. The highest BCUT2D eigenvalue weighted by atomic mass is 16.5. The third-order valence-electron chi connectivity index (χ3n) is 6.32. The Bertz CT molecular complexity index is 725. The average Bonchev–Trinajstić information content (AvgIpc) is 3.28. The highest BCUT2D eigenvalue weighted by Crippen LogP contribution is 2.53.